The van der Waals surface area contributed by atoms with Gasteiger partial charge >= 0.3 is 0 Å². The van der Waals surface area contributed by atoms with Gasteiger partial charge in [0.05, 0.1) is 12.0 Å². The van der Waals surface area contributed by atoms with Gasteiger partial charge in [-0.05, 0) is 80.5 Å². The molecular weight excluding hydrogens is 500 g/mol. The van der Waals surface area contributed by atoms with Gasteiger partial charge in [-0.25, -0.2) is 19.9 Å². The van der Waals surface area contributed by atoms with Crippen molar-refractivity contribution in [2.24, 2.45) is 5.92 Å². The van der Waals surface area contributed by atoms with E-state index in [0.29, 0.717) is 11.7 Å². The molecule has 0 bridgehead atoms. The molecule has 0 spiro atoms. The molecule has 0 aliphatic carbocycles. The van der Waals surface area contributed by atoms with Crippen molar-refractivity contribution in [2.75, 3.05) is 29.9 Å². The van der Waals surface area contributed by atoms with Crippen LogP contribution in [0, 0.1) is 19.8 Å². The van der Waals surface area contributed by atoms with E-state index in [0.717, 1.165) is 82.2 Å². The number of nitrogens with one attached hydrogen (secondary N) is 1. The SMILES string of the molecule is Cc1nc(NC(C)c2cccc(-c3cnc(N4CCC(CO)CC4)nc3)c2)cc(-c2ccc3occ(C)c3c2)n1. The van der Waals surface area contributed by atoms with Crippen LogP contribution in [0.4, 0.5) is 11.8 Å². The molecule has 1 aliphatic rings. The second kappa shape index (κ2) is 11.1. The summed E-state index contributed by atoms with van der Waals surface area (Å²) < 4.78 is 5.61. The number of furan rings is 1. The van der Waals surface area contributed by atoms with E-state index in [1.807, 2.05) is 44.4 Å². The van der Waals surface area contributed by atoms with E-state index >= 15 is 0 Å². The zero-order chi connectivity index (χ0) is 27.6. The molecular formula is C32H34N6O2. The summed E-state index contributed by atoms with van der Waals surface area (Å²) in [5.74, 6) is 2.63. The summed E-state index contributed by atoms with van der Waals surface area (Å²) in [4.78, 5) is 20.9. The molecule has 0 saturated carbocycles. The molecule has 1 saturated heterocycles. The number of hydrogen-bond acceptors (Lipinski definition) is 8. The van der Waals surface area contributed by atoms with Crippen molar-refractivity contribution in [1.82, 2.24) is 19.9 Å². The predicted octanol–water partition coefficient (Wildman–Crippen LogP) is 6.35. The maximum atomic E-state index is 9.40. The molecule has 204 valence electrons. The Kier molecular flexibility index (Phi) is 7.17. The Bertz CT molecular complexity index is 1620. The lowest BCUT2D eigenvalue weighted by atomic mass is 9.98. The van der Waals surface area contributed by atoms with Gasteiger partial charge in [-0.2, -0.15) is 0 Å². The minimum Gasteiger partial charge on any atom is -0.464 e. The van der Waals surface area contributed by atoms with E-state index in [9.17, 15) is 5.11 Å². The Morgan fingerprint density at radius 3 is 2.55 bits per heavy atom. The van der Waals surface area contributed by atoms with E-state index in [1.54, 1.807) is 6.26 Å². The first kappa shape index (κ1) is 26.0. The maximum absolute atomic E-state index is 9.40. The van der Waals surface area contributed by atoms with Crippen molar-refractivity contribution in [2.45, 2.75) is 39.7 Å². The number of aliphatic hydroxyl groups is 1. The third-order valence-corrected chi connectivity index (χ3v) is 7.78. The lowest BCUT2D eigenvalue weighted by Gasteiger charge is -2.31. The Hall–Kier alpha value is -4.30. The summed E-state index contributed by atoms with van der Waals surface area (Å²) in [6.07, 6.45) is 7.53. The molecule has 2 N–H and O–H groups in total. The summed E-state index contributed by atoms with van der Waals surface area (Å²) in [6.45, 7) is 8.12. The monoisotopic (exact) mass is 534 g/mol. The molecule has 0 amide bonds. The van der Waals surface area contributed by atoms with E-state index in [1.165, 1.54) is 0 Å². The zero-order valence-corrected chi connectivity index (χ0v) is 23.1. The lowest BCUT2D eigenvalue weighted by Crippen LogP contribution is -2.35. The van der Waals surface area contributed by atoms with Crippen LogP contribution in [-0.2, 0) is 0 Å². The molecule has 1 aliphatic heterocycles. The fraction of sp³-hybridized carbons (Fsp3) is 0.312. The van der Waals surface area contributed by atoms with Gasteiger partial charge in [0.15, 0.2) is 0 Å². The molecule has 8 heteroatoms. The number of piperidine rings is 1. The second-order valence-corrected chi connectivity index (χ2v) is 10.7. The van der Waals surface area contributed by atoms with E-state index in [4.69, 9.17) is 9.40 Å². The van der Waals surface area contributed by atoms with Crippen molar-refractivity contribution < 1.29 is 9.52 Å². The summed E-state index contributed by atoms with van der Waals surface area (Å²) >= 11 is 0. The molecule has 0 radical (unpaired) electrons. The van der Waals surface area contributed by atoms with Crippen LogP contribution in [0.5, 0.6) is 0 Å². The van der Waals surface area contributed by atoms with Gasteiger partial charge in [0, 0.05) is 60.7 Å². The topological polar surface area (TPSA) is 100 Å². The third-order valence-electron chi connectivity index (χ3n) is 7.78. The van der Waals surface area contributed by atoms with Gasteiger partial charge in [0.25, 0.3) is 0 Å². The smallest absolute Gasteiger partial charge is 0.225 e. The molecule has 3 aromatic heterocycles. The van der Waals surface area contributed by atoms with E-state index < -0.39 is 0 Å². The molecule has 2 aromatic carbocycles. The first-order chi connectivity index (χ1) is 19.5. The van der Waals surface area contributed by atoms with Crippen LogP contribution in [-0.4, -0.2) is 44.7 Å². The first-order valence-corrected chi connectivity index (χ1v) is 13.9. The molecule has 8 nitrogen and oxygen atoms in total. The fourth-order valence-electron chi connectivity index (χ4n) is 5.35. The van der Waals surface area contributed by atoms with E-state index in [-0.39, 0.29) is 12.6 Å². The normalized spacial score (nSPS) is 14.9. The standard InChI is InChI=1S/C32H34N6O2/c1-20-19-40-30-8-7-26(14-28(20)30)29-15-31(37-22(3)36-29)35-21(2)24-5-4-6-25(13-24)27-16-33-32(34-17-27)38-11-9-23(18-39)10-12-38/h4-8,13-17,19,21,23,39H,9-12,18H2,1-3H3,(H,35,36,37). The predicted molar refractivity (Wildman–Crippen MR) is 158 cm³/mol. The number of fused-ring (bicyclic) bond motifs is 1. The Labute approximate surface area is 234 Å². The van der Waals surface area contributed by atoms with Crippen LogP contribution >= 0.6 is 0 Å². The van der Waals surface area contributed by atoms with Crippen molar-refractivity contribution in [1.29, 1.82) is 0 Å². The van der Waals surface area contributed by atoms with Crippen LogP contribution in [0.25, 0.3) is 33.4 Å². The lowest BCUT2D eigenvalue weighted by molar-refractivity contribution is 0.202. The third kappa shape index (κ3) is 5.40. The summed E-state index contributed by atoms with van der Waals surface area (Å²) in [7, 11) is 0. The highest BCUT2D eigenvalue weighted by Gasteiger charge is 2.20. The van der Waals surface area contributed by atoms with Crippen molar-refractivity contribution in [3.8, 4) is 22.4 Å². The van der Waals surface area contributed by atoms with Gasteiger partial charge in [0.1, 0.15) is 17.2 Å². The molecule has 6 rings (SSSR count). The highest BCUT2D eigenvalue weighted by atomic mass is 16.3. The number of rotatable bonds is 7. The van der Waals surface area contributed by atoms with Gasteiger partial charge < -0.3 is 19.7 Å². The number of aromatic nitrogens is 4. The minimum absolute atomic E-state index is 0.0220. The minimum atomic E-state index is 0.0220. The highest BCUT2D eigenvalue weighted by Crippen LogP contribution is 2.30. The van der Waals surface area contributed by atoms with Crippen LogP contribution < -0.4 is 10.2 Å². The van der Waals surface area contributed by atoms with Gasteiger partial charge in [-0.15, -0.1) is 0 Å². The Morgan fingerprint density at radius 2 is 1.77 bits per heavy atom. The number of aryl methyl sites for hydroxylation is 2. The molecule has 1 fully saturated rings. The van der Waals surface area contributed by atoms with Crippen LogP contribution in [0.3, 0.4) is 0 Å². The number of anilines is 2. The number of benzene rings is 2. The molecule has 1 unspecified atom stereocenters. The highest BCUT2D eigenvalue weighted by molar-refractivity contribution is 5.85. The molecule has 5 aromatic rings. The first-order valence-electron chi connectivity index (χ1n) is 13.9. The van der Waals surface area contributed by atoms with Crippen LogP contribution in [0.2, 0.25) is 0 Å². The van der Waals surface area contributed by atoms with Gasteiger partial charge in [0.2, 0.25) is 5.95 Å². The largest absolute Gasteiger partial charge is 0.464 e. The number of nitrogens with zero attached hydrogens (tertiary/aromatic N) is 5. The maximum Gasteiger partial charge on any atom is 0.225 e. The second-order valence-electron chi connectivity index (χ2n) is 10.7. The van der Waals surface area contributed by atoms with Crippen molar-refractivity contribution >= 4 is 22.7 Å². The molecule has 1 atom stereocenters. The average Bonchev–Trinajstić information content (AvgIpc) is 3.37. The number of aliphatic hydroxyl groups excluding tert-OH is 1. The van der Waals surface area contributed by atoms with Crippen LogP contribution in [0.15, 0.2) is 71.6 Å². The quantitative estimate of drug-likeness (QED) is 0.249. The van der Waals surface area contributed by atoms with Gasteiger partial charge in [-0.1, -0.05) is 18.2 Å². The zero-order valence-electron chi connectivity index (χ0n) is 23.1. The Balaban J connectivity index is 1.18. The molecule has 4 heterocycles. The summed E-state index contributed by atoms with van der Waals surface area (Å²) in [6, 6.07) is 16.6. The average molecular weight is 535 g/mol. The van der Waals surface area contributed by atoms with E-state index in [2.05, 4.69) is 62.4 Å². The molecule has 40 heavy (non-hydrogen) atoms. The summed E-state index contributed by atoms with van der Waals surface area (Å²) in [5, 5.41) is 14.1. The van der Waals surface area contributed by atoms with Crippen LogP contribution in [0.1, 0.15) is 42.8 Å². The number of hydrogen-bond donors (Lipinski definition) is 2. The summed E-state index contributed by atoms with van der Waals surface area (Å²) in [5.41, 5.74) is 7.07. The fourth-order valence-corrected chi connectivity index (χ4v) is 5.35. The van der Waals surface area contributed by atoms with Crippen molar-refractivity contribution in [3.63, 3.8) is 0 Å². The van der Waals surface area contributed by atoms with Gasteiger partial charge in [-0.3, -0.25) is 0 Å². The van der Waals surface area contributed by atoms with Crippen molar-refractivity contribution in [3.05, 3.63) is 84.1 Å². The Morgan fingerprint density at radius 1 is 0.975 bits per heavy atom.